The fourth-order valence-corrected chi connectivity index (χ4v) is 2.62. The lowest BCUT2D eigenvalue weighted by Crippen LogP contribution is -2.52. The molecule has 1 fully saturated rings. The molecular formula is C16H23FN2O2. The van der Waals surface area contributed by atoms with Gasteiger partial charge in [0.05, 0.1) is 18.2 Å². The number of carbonyl (C=O) groups excluding carboxylic acids is 1. The van der Waals surface area contributed by atoms with E-state index in [4.69, 9.17) is 4.74 Å². The van der Waals surface area contributed by atoms with Crippen LogP contribution in [0.3, 0.4) is 0 Å². The monoisotopic (exact) mass is 294 g/mol. The molecule has 1 saturated heterocycles. The van der Waals surface area contributed by atoms with Crippen LogP contribution in [0.4, 0.5) is 10.1 Å². The number of benzene rings is 1. The van der Waals surface area contributed by atoms with Crippen molar-refractivity contribution in [3.8, 4) is 0 Å². The Bertz CT molecular complexity index is 511. The number of hydrogen-bond donors (Lipinski definition) is 1. The maximum atomic E-state index is 13.5. The highest BCUT2D eigenvalue weighted by Crippen LogP contribution is 2.17. The van der Waals surface area contributed by atoms with Crippen molar-refractivity contribution in [1.29, 1.82) is 0 Å². The van der Waals surface area contributed by atoms with E-state index in [1.165, 1.54) is 6.07 Å². The third-order valence-corrected chi connectivity index (χ3v) is 3.81. The first-order valence-electron chi connectivity index (χ1n) is 7.33. The van der Waals surface area contributed by atoms with E-state index in [-0.39, 0.29) is 30.0 Å². The maximum Gasteiger partial charge on any atom is 0.241 e. The van der Waals surface area contributed by atoms with E-state index in [0.29, 0.717) is 11.3 Å². The van der Waals surface area contributed by atoms with E-state index < -0.39 is 0 Å². The van der Waals surface area contributed by atoms with Crippen molar-refractivity contribution in [2.24, 2.45) is 0 Å². The molecule has 1 aliphatic rings. The second-order valence-corrected chi connectivity index (χ2v) is 5.84. The highest BCUT2D eigenvalue weighted by Gasteiger charge is 2.29. The van der Waals surface area contributed by atoms with Gasteiger partial charge in [-0.15, -0.1) is 0 Å². The molecule has 116 valence electrons. The average molecular weight is 294 g/mol. The molecule has 1 aromatic rings. The van der Waals surface area contributed by atoms with Crippen molar-refractivity contribution in [2.75, 3.05) is 18.4 Å². The molecule has 3 atom stereocenters. The van der Waals surface area contributed by atoms with Crippen LogP contribution < -0.4 is 5.32 Å². The minimum absolute atomic E-state index is 0.112. The summed E-state index contributed by atoms with van der Waals surface area (Å²) in [6.45, 7) is 9.01. The van der Waals surface area contributed by atoms with Crippen LogP contribution in [0.1, 0.15) is 26.3 Å². The second kappa shape index (κ2) is 6.54. The summed E-state index contributed by atoms with van der Waals surface area (Å²) in [4.78, 5) is 14.4. The van der Waals surface area contributed by atoms with Gasteiger partial charge in [-0.05, 0) is 45.4 Å². The number of rotatable bonds is 3. The molecular weight excluding hydrogens is 271 g/mol. The van der Waals surface area contributed by atoms with Gasteiger partial charge in [0, 0.05) is 18.8 Å². The zero-order chi connectivity index (χ0) is 15.6. The summed E-state index contributed by atoms with van der Waals surface area (Å²) >= 11 is 0. The van der Waals surface area contributed by atoms with Crippen LogP contribution in [0.2, 0.25) is 0 Å². The Balaban J connectivity index is 2.00. The summed E-state index contributed by atoms with van der Waals surface area (Å²) < 4.78 is 19.2. The van der Waals surface area contributed by atoms with E-state index in [9.17, 15) is 9.18 Å². The predicted molar refractivity (Wildman–Crippen MR) is 80.8 cm³/mol. The topological polar surface area (TPSA) is 41.6 Å². The summed E-state index contributed by atoms with van der Waals surface area (Å²) in [5, 5.41) is 2.78. The lowest BCUT2D eigenvalue weighted by atomic mass is 10.1. The van der Waals surface area contributed by atoms with Gasteiger partial charge in [0.2, 0.25) is 5.91 Å². The van der Waals surface area contributed by atoms with Gasteiger partial charge in [0.1, 0.15) is 5.82 Å². The number of hydrogen-bond acceptors (Lipinski definition) is 3. The molecule has 0 radical (unpaired) electrons. The van der Waals surface area contributed by atoms with E-state index in [1.807, 2.05) is 20.8 Å². The minimum Gasteiger partial charge on any atom is -0.373 e. The number of halogens is 1. The average Bonchev–Trinajstić information content (AvgIpc) is 2.41. The normalized spacial score (nSPS) is 24.6. The Labute approximate surface area is 125 Å². The predicted octanol–water partition coefficient (Wildman–Crippen LogP) is 2.57. The SMILES string of the molecule is Cc1ccc(NC(=O)[C@H](C)N2C[C@@H](C)O[C@H](C)C2)cc1F. The molecule has 0 spiro atoms. The van der Waals surface area contributed by atoms with E-state index >= 15 is 0 Å². The summed E-state index contributed by atoms with van der Waals surface area (Å²) in [6, 6.07) is 4.45. The Kier molecular flexibility index (Phi) is 4.96. The van der Waals surface area contributed by atoms with Crippen LogP contribution in [0, 0.1) is 12.7 Å². The van der Waals surface area contributed by atoms with Gasteiger partial charge in [-0.2, -0.15) is 0 Å². The molecule has 0 aromatic heterocycles. The number of aryl methyl sites for hydroxylation is 1. The first kappa shape index (κ1) is 15.9. The van der Waals surface area contributed by atoms with Gasteiger partial charge in [-0.25, -0.2) is 4.39 Å². The van der Waals surface area contributed by atoms with Crippen LogP contribution in [-0.2, 0) is 9.53 Å². The number of nitrogens with one attached hydrogen (secondary N) is 1. The number of ether oxygens (including phenoxy) is 1. The van der Waals surface area contributed by atoms with Crippen LogP contribution in [0.25, 0.3) is 0 Å². The molecule has 1 aromatic carbocycles. The van der Waals surface area contributed by atoms with Gasteiger partial charge >= 0.3 is 0 Å². The smallest absolute Gasteiger partial charge is 0.241 e. The summed E-state index contributed by atoms with van der Waals surface area (Å²) in [6.07, 6.45) is 0.224. The van der Waals surface area contributed by atoms with Crippen molar-refractivity contribution in [3.05, 3.63) is 29.6 Å². The fourth-order valence-electron chi connectivity index (χ4n) is 2.62. The van der Waals surface area contributed by atoms with E-state index in [0.717, 1.165) is 13.1 Å². The number of carbonyl (C=O) groups is 1. The highest BCUT2D eigenvalue weighted by atomic mass is 19.1. The molecule has 21 heavy (non-hydrogen) atoms. The highest BCUT2D eigenvalue weighted by molar-refractivity contribution is 5.94. The summed E-state index contributed by atoms with van der Waals surface area (Å²) in [5.74, 6) is -0.436. The number of anilines is 1. The summed E-state index contributed by atoms with van der Waals surface area (Å²) in [5.41, 5.74) is 1.06. The van der Waals surface area contributed by atoms with Crippen LogP contribution in [-0.4, -0.2) is 42.1 Å². The van der Waals surface area contributed by atoms with Crippen molar-refractivity contribution in [3.63, 3.8) is 0 Å². The number of amides is 1. The van der Waals surface area contributed by atoms with Crippen molar-refractivity contribution in [2.45, 2.75) is 45.9 Å². The lowest BCUT2D eigenvalue weighted by molar-refractivity contribution is -0.126. The molecule has 1 heterocycles. The Morgan fingerprint density at radius 2 is 2.00 bits per heavy atom. The number of nitrogens with zero attached hydrogens (tertiary/aromatic N) is 1. The zero-order valence-corrected chi connectivity index (χ0v) is 13.0. The molecule has 0 saturated carbocycles. The largest absolute Gasteiger partial charge is 0.373 e. The Morgan fingerprint density at radius 1 is 1.38 bits per heavy atom. The van der Waals surface area contributed by atoms with Gasteiger partial charge in [0.25, 0.3) is 0 Å². The zero-order valence-electron chi connectivity index (χ0n) is 13.0. The van der Waals surface area contributed by atoms with E-state index in [2.05, 4.69) is 10.2 Å². The third-order valence-electron chi connectivity index (χ3n) is 3.81. The van der Waals surface area contributed by atoms with Crippen LogP contribution in [0.5, 0.6) is 0 Å². The Morgan fingerprint density at radius 3 is 2.57 bits per heavy atom. The molecule has 2 rings (SSSR count). The fraction of sp³-hybridized carbons (Fsp3) is 0.562. The van der Waals surface area contributed by atoms with Gasteiger partial charge < -0.3 is 10.1 Å². The van der Waals surface area contributed by atoms with Crippen molar-refractivity contribution < 1.29 is 13.9 Å². The van der Waals surface area contributed by atoms with Crippen LogP contribution >= 0.6 is 0 Å². The van der Waals surface area contributed by atoms with Crippen molar-refractivity contribution in [1.82, 2.24) is 4.90 Å². The van der Waals surface area contributed by atoms with Gasteiger partial charge in [0.15, 0.2) is 0 Å². The van der Waals surface area contributed by atoms with E-state index in [1.54, 1.807) is 19.1 Å². The Hall–Kier alpha value is -1.46. The molecule has 1 aliphatic heterocycles. The third kappa shape index (κ3) is 4.02. The molecule has 1 amide bonds. The molecule has 4 nitrogen and oxygen atoms in total. The maximum absolute atomic E-state index is 13.5. The summed E-state index contributed by atoms with van der Waals surface area (Å²) in [7, 11) is 0. The molecule has 0 aliphatic carbocycles. The molecule has 1 N–H and O–H groups in total. The lowest BCUT2D eigenvalue weighted by Gasteiger charge is -2.38. The number of morpholine rings is 1. The molecule has 0 unspecified atom stereocenters. The second-order valence-electron chi connectivity index (χ2n) is 5.84. The first-order chi connectivity index (χ1) is 9.86. The minimum atomic E-state index is -0.311. The first-order valence-corrected chi connectivity index (χ1v) is 7.33. The molecule has 5 heteroatoms. The van der Waals surface area contributed by atoms with Gasteiger partial charge in [-0.3, -0.25) is 9.69 Å². The van der Waals surface area contributed by atoms with Crippen LogP contribution in [0.15, 0.2) is 18.2 Å². The molecule has 0 bridgehead atoms. The quantitative estimate of drug-likeness (QED) is 0.931. The van der Waals surface area contributed by atoms with Gasteiger partial charge in [-0.1, -0.05) is 6.07 Å². The standard InChI is InChI=1S/C16H23FN2O2/c1-10-5-6-14(7-15(10)17)18-16(20)13(4)19-8-11(2)21-12(3)9-19/h5-7,11-13H,8-9H2,1-4H3,(H,18,20)/t11-,12-,13+/m1/s1. The van der Waals surface area contributed by atoms with Crippen molar-refractivity contribution >= 4 is 11.6 Å².